The van der Waals surface area contributed by atoms with Gasteiger partial charge in [0.25, 0.3) is 0 Å². The van der Waals surface area contributed by atoms with Gasteiger partial charge in [0.2, 0.25) is 0 Å². The highest BCUT2D eigenvalue weighted by atomic mass is 15.1. The highest BCUT2D eigenvalue weighted by Gasteiger charge is 2.22. The largest absolute Gasteiger partial charge is 0.367 e. The van der Waals surface area contributed by atoms with Gasteiger partial charge in [-0.3, -0.25) is 0 Å². The van der Waals surface area contributed by atoms with Crippen molar-refractivity contribution < 1.29 is 0 Å². The zero-order chi connectivity index (χ0) is 14.0. The van der Waals surface area contributed by atoms with Crippen molar-refractivity contribution in [1.82, 2.24) is 0 Å². The van der Waals surface area contributed by atoms with E-state index in [1.54, 1.807) is 0 Å². The van der Waals surface area contributed by atoms with Crippen LogP contribution in [-0.2, 0) is 0 Å². The highest BCUT2D eigenvalue weighted by molar-refractivity contribution is 5.62. The lowest BCUT2D eigenvalue weighted by molar-refractivity contribution is 0.952. The fraction of sp³-hybridized carbons (Fsp3) is 0.375. The topological polar surface area (TPSA) is 50.8 Å². The smallest absolute Gasteiger partial charge is 0.130 e. The Morgan fingerprint density at radius 2 is 1.68 bits per heavy atom. The first-order valence-corrected chi connectivity index (χ1v) is 6.42. The third-order valence-electron chi connectivity index (χ3n) is 3.59. The molecule has 0 N–H and O–H groups in total. The molecule has 0 aliphatic carbocycles. The van der Waals surface area contributed by atoms with Crippen molar-refractivity contribution in [3.05, 3.63) is 40.0 Å². The molecule has 96 valence electrons. The summed E-state index contributed by atoms with van der Waals surface area (Å²) in [7, 11) is 0. The first kappa shape index (κ1) is 13.2. The van der Waals surface area contributed by atoms with Crippen LogP contribution in [0.15, 0.2) is 23.3 Å². The van der Waals surface area contributed by atoms with Crippen molar-refractivity contribution in [3.63, 3.8) is 0 Å². The summed E-state index contributed by atoms with van der Waals surface area (Å²) in [4.78, 5) is 2.27. The van der Waals surface area contributed by atoms with Gasteiger partial charge in [0.1, 0.15) is 17.7 Å². The number of nitriles is 2. The number of allylic oxidation sites excluding steroid dienone is 1. The Morgan fingerprint density at radius 1 is 1.11 bits per heavy atom. The Labute approximate surface area is 114 Å². The molecule has 19 heavy (non-hydrogen) atoms. The Balaban J connectivity index is 2.36. The SMILES string of the molecule is Cc1cc(C)c(N2CCC(=C(C#N)C#N)C2)c(C)c1. The van der Waals surface area contributed by atoms with E-state index >= 15 is 0 Å². The molecular formula is C16H17N3. The predicted molar refractivity (Wildman–Crippen MR) is 75.7 cm³/mol. The number of rotatable bonds is 1. The van der Waals surface area contributed by atoms with Crippen LogP contribution in [0.25, 0.3) is 0 Å². The van der Waals surface area contributed by atoms with Crippen LogP contribution in [0.3, 0.4) is 0 Å². The van der Waals surface area contributed by atoms with Crippen LogP contribution in [0.4, 0.5) is 5.69 Å². The Hall–Kier alpha value is -2.26. The zero-order valence-electron chi connectivity index (χ0n) is 11.6. The number of hydrogen-bond donors (Lipinski definition) is 0. The number of benzene rings is 1. The summed E-state index contributed by atoms with van der Waals surface area (Å²) < 4.78 is 0. The van der Waals surface area contributed by atoms with Gasteiger partial charge in [0.15, 0.2) is 0 Å². The van der Waals surface area contributed by atoms with Crippen molar-refractivity contribution in [1.29, 1.82) is 10.5 Å². The molecule has 0 aromatic heterocycles. The van der Waals surface area contributed by atoms with Crippen LogP contribution in [0.1, 0.15) is 23.1 Å². The van der Waals surface area contributed by atoms with Gasteiger partial charge in [-0.2, -0.15) is 10.5 Å². The molecular weight excluding hydrogens is 234 g/mol. The van der Waals surface area contributed by atoms with E-state index in [2.05, 4.69) is 37.8 Å². The van der Waals surface area contributed by atoms with E-state index in [-0.39, 0.29) is 5.57 Å². The lowest BCUT2D eigenvalue weighted by Gasteiger charge is -2.23. The lowest BCUT2D eigenvalue weighted by Crippen LogP contribution is -2.20. The number of hydrogen-bond acceptors (Lipinski definition) is 3. The molecule has 0 radical (unpaired) electrons. The summed E-state index contributed by atoms with van der Waals surface area (Å²) in [6.45, 7) is 7.91. The second-order valence-electron chi connectivity index (χ2n) is 5.12. The molecule has 2 rings (SSSR count). The number of aryl methyl sites for hydroxylation is 3. The summed E-state index contributed by atoms with van der Waals surface area (Å²) in [6, 6.07) is 8.35. The van der Waals surface area contributed by atoms with Gasteiger partial charge in [-0.05, 0) is 43.9 Å². The first-order valence-electron chi connectivity index (χ1n) is 6.42. The van der Waals surface area contributed by atoms with Crippen LogP contribution in [0, 0.1) is 43.4 Å². The lowest BCUT2D eigenvalue weighted by atomic mass is 10.0. The average Bonchev–Trinajstić information content (AvgIpc) is 2.78. The second kappa shape index (κ2) is 5.16. The van der Waals surface area contributed by atoms with E-state index in [1.165, 1.54) is 22.4 Å². The minimum atomic E-state index is 0.282. The monoisotopic (exact) mass is 251 g/mol. The maximum atomic E-state index is 8.94. The van der Waals surface area contributed by atoms with Crippen molar-refractivity contribution in [3.8, 4) is 12.1 Å². The van der Waals surface area contributed by atoms with Gasteiger partial charge in [0, 0.05) is 18.8 Å². The maximum Gasteiger partial charge on any atom is 0.130 e. The van der Waals surface area contributed by atoms with Gasteiger partial charge >= 0.3 is 0 Å². The summed E-state index contributed by atoms with van der Waals surface area (Å²) in [6.07, 6.45) is 0.809. The normalized spacial score (nSPS) is 14.2. The van der Waals surface area contributed by atoms with E-state index in [4.69, 9.17) is 10.5 Å². The molecule has 0 amide bonds. The zero-order valence-corrected chi connectivity index (χ0v) is 11.6. The molecule has 1 aliphatic heterocycles. The van der Waals surface area contributed by atoms with Crippen LogP contribution < -0.4 is 4.90 Å². The molecule has 0 spiro atoms. The third kappa shape index (κ3) is 2.46. The van der Waals surface area contributed by atoms with Gasteiger partial charge < -0.3 is 4.90 Å². The minimum absolute atomic E-state index is 0.282. The molecule has 1 saturated heterocycles. The highest BCUT2D eigenvalue weighted by Crippen LogP contribution is 2.31. The summed E-state index contributed by atoms with van der Waals surface area (Å²) >= 11 is 0. The van der Waals surface area contributed by atoms with Crippen molar-refractivity contribution in [2.75, 3.05) is 18.0 Å². The molecule has 1 aliphatic rings. The fourth-order valence-electron chi connectivity index (χ4n) is 2.91. The van der Waals surface area contributed by atoms with E-state index in [1.807, 2.05) is 12.1 Å². The first-order chi connectivity index (χ1) is 9.06. The standard InChI is InChI=1S/C16H17N3/c1-11-6-12(2)16(13(3)7-11)19-5-4-14(10-19)15(8-17)9-18/h6-7H,4-5,10H2,1-3H3. The Kier molecular flexibility index (Phi) is 3.58. The molecule has 0 saturated carbocycles. The summed E-state index contributed by atoms with van der Waals surface area (Å²) in [5.41, 5.74) is 6.28. The van der Waals surface area contributed by atoms with E-state index in [0.29, 0.717) is 6.54 Å². The molecule has 0 atom stereocenters. The summed E-state index contributed by atoms with van der Waals surface area (Å²) in [5.74, 6) is 0. The van der Waals surface area contributed by atoms with Gasteiger partial charge in [0.05, 0.1) is 0 Å². The molecule has 1 heterocycles. The molecule has 1 fully saturated rings. The second-order valence-corrected chi connectivity index (χ2v) is 5.12. The van der Waals surface area contributed by atoms with Crippen molar-refractivity contribution in [2.45, 2.75) is 27.2 Å². The summed E-state index contributed by atoms with van der Waals surface area (Å²) in [5, 5.41) is 17.9. The third-order valence-corrected chi connectivity index (χ3v) is 3.59. The van der Waals surface area contributed by atoms with Crippen molar-refractivity contribution in [2.24, 2.45) is 0 Å². The molecule has 1 aromatic rings. The maximum absolute atomic E-state index is 8.94. The quantitative estimate of drug-likeness (QED) is 0.720. The molecule has 3 heteroatoms. The van der Waals surface area contributed by atoms with Gasteiger partial charge in [-0.15, -0.1) is 0 Å². The molecule has 0 bridgehead atoms. The van der Waals surface area contributed by atoms with Crippen LogP contribution in [0.5, 0.6) is 0 Å². The van der Waals surface area contributed by atoms with Crippen LogP contribution >= 0.6 is 0 Å². The van der Waals surface area contributed by atoms with E-state index in [0.717, 1.165) is 18.5 Å². The molecule has 3 nitrogen and oxygen atoms in total. The van der Waals surface area contributed by atoms with E-state index < -0.39 is 0 Å². The van der Waals surface area contributed by atoms with Crippen molar-refractivity contribution >= 4 is 5.69 Å². The average molecular weight is 251 g/mol. The van der Waals surface area contributed by atoms with Gasteiger partial charge in [-0.25, -0.2) is 0 Å². The number of nitrogens with zero attached hydrogens (tertiary/aromatic N) is 3. The Morgan fingerprint density at radius 3 is 2.21 bits per heavy atom. The molecule has 1 aromatic carbocycles. The number of anilines is 1. The van der Waals surface area contributed by atoms with Crippen LogP contribution in [-0.4, -0.2) is 13.1 Å². The molecule has 0 unspecified atom stereocenters. The predicted octanol–water partition coefficient (Wildman–Crippen LogP) is 3.17. The van der Waals surface area contributed by atoms with Gasteiger partial charge in [-0.1, -0.05) is 17.7 Å². The minimum Gasteiger partial charge on any atom is -0.367 e. The van der Waals surface area contributed by atoms with Crippen LogP contribution in [0.2, 0.25) is 0 Å². The van der Waals surface area contributed by atoms with E-state index in [9.17, 15) is 0 Å². The fourth-order valence-corrected chi connectivity index (χ4v) is 2.91. The Bertz CT molecular complexity index is 587.